The summed E-state index contributed by atoms with van der Waals surface area (Å²) >= 11 is 0. The Morgan fingerprint density at radius 1 is 0.323 bits per heavy atom. The molecule has 0 fully saturated rings. The third-order valence-corrected chi connectivity index (χ3v) is 11.3. The van der Waals surface area contributed by atoms with Crippen molar-refractivity contribution in [2.45, 2.75) is 0 Å². The molecule has 0 saturated carbocycles. The maximum absolute atomic E-state index is 6.50. The van der Waals surface area contributed by atoms with Crippen molar-refractivity contribution in [3.05, 3.63) is 200 Å². The van der Waals surface area contributed by atoms with Gasteiger partial charge in [0.05, 0.1) is 22.1 Å². The predicted octanol–water partition coefficient (Wildman–Crippen LogP) is 13.1. The van der Waals surface area contributed by atoms with Crippen molar-refractivity contribution in [1.29, 1.82) is 0 Å². The monoisotopic (exact) mass is 795 g/mol. The maximum Gasteiger partial charge on any atom is 0.166 e. The smallest absolute Gasteiger partial charge is 0.166 e. The molecule has 8 aromatic carbocycles. The molecule has 62 heavy (non-hydrogen) atoms. The number of rotatable bonds is 7. The molecule has 0 spiro atoms. The summed E-state index contributed by atoms with van der Waals surface area (Å²) in [6.45, 7) is 0. The van der Waals surface area contributed by atoms with Gasteiger partial charge in [-0.15, -0.1) is 0 Å². The number of para-hydroxylation sites is 2. The largest absolute Gasteiger partial charge is 0.456 e. The molecule has 8 nitrogen and oxygen atoms in total. The molecule has 0 saturated heterocycles. The van der Waals surface area contributed by atoms with Gasteiger partial charge in [0, 0.05) is 49.5 Å². The number of furan rings is 1. The summed E-state index contributed by atoms with van der Waals surface area (Å²) in [4.78, 5) is 30.9. The van der Waals surface area contributed by atoms with Crippen molar-refractivity contribution < 1.29 is 4.42 Å². The van der Waals surface area contributed by atoms with Crippen LogP contribution < -0.4 is 0 Å². The van der Waals surface area contributed by atoms with Crippen LogP contribution in [0.15, 0.2) is 205 Å². The molecule has 0 unspecified atom stereocenters. The van der Waals surface area contributed by atoms with Crippen LogP contribution in [0, 0.1) is 0 Å². The minimum absolute atomic E-state index is 0.505. The zero-order chi connectivity index (χ0) is 41.0. The van der Waals surface area contributed by atoms with Crippen molar-refractivity contribution in [2.24, 2.45) is 0 Å². The van der Waals surface area contributed by atoms with Crippen LogP contribution in [0.4, 0.5) is 0 Å². The molecule has 0 radical (unpaired) electrons. The molecule has 0 atom stereocenters. The number of aromatic nitrogens is 7. The lowest BCUT2D eigenvalue weighted by atomic mass is 10.0. The number of fused-ring (bicyclic) bond motifs is 7. The quantitative estimate of drug-likeness (QED) is 0.158. The first-order valence-corrected chi connectivity index (χ1v) is 20.5. The van der Waals surface area contributed by atoms with E-state index in [-0.39, 0.29) is 0 Å². The van der Waals surface area contributed by atoms with Crippen LogP contribution in [-0.2, 0) is 0 Å². The second kappa shape index (κ2) is 14.6. The molecule has 12 rings (SSSR count). The van der Waals surface area contributed by atoms with Gasteiger partial charge in [0.1, 0.15) is 11.2 Å². The zero-order valence-corrected chi connectivity index (χ0v) is 33.1. The average molecular weight is 796 g/mol. The van der Waals surface area contributed by atoms with Crippen LogP contribution in [0.1, 0.15) is 0 Å². The van der Waals surface area contributed by atoms with Gasteiger partial charge >= 0.3 is 0 Å². The predicted molar refractivity (Wildman–Crippen MR) is 247 cm³/mol. The molecule has 0 aliphatic rings. The highest BCUT2D eigenvalue weighted by Crippen LogP contribution is 2.43. The van der Waals surface area contributed by atoms with Gasteiger partial charge in [-0.3, -0.25) is 0 Å². The van der Waals surface area contributed by atoms with E-state index in [0.717, 1.165) is 82.8 Å². The second-order valence-electron chi connectivity index (χ2n) is 15.1. The normalized spacial score (nSPS) is 11.5. The van der Waals surface area contributed by atoms with Gasteiger partial charge in [-0.05, 0) is 42.5 Å². The fraction of sp³-hybridized carbons (Fsp3) is 0. The van der Waals surface area contributed by atoms with Crippen molar-refractivity contribution in [3.8, 4) is 74.0 Å². The summed E-state index contributed by atoms with van der Waals surface area (Å²) in [6.07, 6.45) is 0. The van der Waals surface area contributed by atoms with E-state index in [1.807, 2.05) is 133 Å². The third kappa shape index (κ3) is 6.00. The molecular weight excluding hydrogens is 763 g/mol. The van der Waals surface area contributed by atoms with Crippen LogP contribution in [0.5, 0.6) is 0 Å². The molecule has 12 aromatic rings. The molecule has 4 aromatic heterocycles. The minimum Gasteiger partial charge on any atom is -0.456 e. The van der Waals surface area contributed by atoms with E-state index in [4.69, 9.17) is 34.3 Å². The summed E-state index contributed by atoms with van der Waals surface area (Å²) in [5.41, 5.74) is 9.69. The van der Waals surface area contributed by atoms with E-state index in [9.17, 15) is 0 Å². The van der Waals surface area contributed by atoms with E-state index in [1.165, 1.54) is 0 Å². The number of hydrogen-bond donors (Lipinski definition) is 0. The standard InChI is InChI=1S/C54H33N7O/c1-5-17-34(18-6-1)49-55-50(35-19-7-2-8-20-35)58-53(57-49)38-29-31-44(42(33-38)54-59-51(36-21-9-3-10-22-36)56-52(60-54)37-23-11-4-12-24-37)61-43-27-15-13-25-39(43)40-30-32-46-47(48(40)61)41-26-14-16-28-45(41)62-46/h1-33H. The molecule has 0 amide bonds. The molecule has 0 bridgehead atoms. The van der Waals surface area contributed by atoms with Gasteiger partial charge in [0.2, 0.25) is 0 Å². The number of hydrogen-bond acceptors (Lipinski definition) is 7. The number of nitrogens with zero attached hydrogens (tertiary/aromatic N) is 7. The van der Waals surface area contributed by atoms with Crippen LogP contribution >= 0.6 is 0 Å². The van der Waals surface area contributed by atoms with Crippen molar-refractivity contribution >= 4 is 43.7 Å². The highest BCUT2D eigenvalue weighted by molar-refractivity contribution is 6.24. The van der Waals surface area contributed by atoms with Crippen LogP contribution in [0.2, 0.25) is 0 Å². The highest BCUT2D eigenvalue weighted by atomic mass is 16.3. The van der Waals surface area contributed by atoms with Crippen LogP contribution in [0.25, 0.3) is 118 Å². The van der Waals surface area contributed by atoms with Gasteiger partial charge in [0.15, 0.2) is 34.9 Å². The summed E-state index contributed by atoms with van der Waals surface area (Å²) in [7, 11) is 0. The second-order valence-corrected chi connectivity index (χ2v) is 15.1. The van der Waals surface area contributed by atoms with E-state index < -0.39 is 0 Å². The lowest BCUT2D eigenvalue weighted by Gasteiger charge is -2.16. The molecule has 0 aliphatic carbocycles. The Bertz CT molecular complexity index is 3510. The summed E-state index contributed by atoms with van der Waals surface area (Å²) in [5.74, 6) is 3.31. The highest BCUT2D eigenvalue weighted by Gasteiger charge is 2.24. The van der Waals surface area contributed by atoms with Crippen molar-refractivity contribution in [2.75, 3.05) is 0 Å². The lowest BCUT2D eigenvalue weighted by molar-refractivity contribution is 0.669. The molecule has 0 N–H and O–H groups in total. The van der Waals surface area contributed by atoms with E-state index in [0.29, 0.717) is 34.9 Å². The molecule has 4 heterocycles. The molecule has 290 valence electrons. The SMILES string of the molecule is c1ccc(-c2nc(-c3ccccc3)nc(-c3ccc(-n4c5ccccc5c5ccc6oc7ccccc7c6c54)c(-c4nc(-c5ccccc5)nc(-c5ccccc5)n4)c3)n2)cc1. The Hall–Kier alpha value is -8.62. The Morgan fingerprint density at radius 3 is 1.32 bits per heavy atom. The summed E-state index contributed by atoms with van der Waals surface area (Å²) in [5, 5.41) is 4.30. The fourth-order valence-corrected chi connectivity index (χ4v) is 8.43. The topological polar surface area (TPSA) is 95.4 Å². The average Bonchev–Trinajstić information content (AvgIpc) is 3.90. The summed E-state index contributed by atoms with van der Waals surface area (Å²) in [6, 6.07) is 67.5. The molecule has 8 heteroatoms. The Morgan fingerprint density at radius 2 is 0.774 bits per heavy atom. The van der Waals surface area contributed by atoms with Gasteiger partial charge in [-0.2, -0.15) is 0 Å². The first kappa shape index (κ1) is 35.3. The zero-order valence-electron chi connectivity index (χ0n) is 33.1. The number of benzene rings is 8. The Kier molecular flexibility index (Phi) is 8.31. The maximum atomic E-state index is 6.50. The van der Waals surface area contributed by atoms with Gasteiger partial charge in [-0.1, -0.05) is 158 Å². The lowest BCUT2D eigenvalue weighted by Crippen LogP contribution is -2.05. The van der Waals surface area contributed by atoms with Crippen molar-refractivity contribution in [1.82, 2.24) is 34.5 Å². The molecule has 0 aliphatic heterocycles. The summed E-state index contributed by atoms with van der Waals surface area (Å²) < 4.78 is 8.83. The van der Waals surface area contributed by atoms with E-state index in [2.05, 4.69) is 71.3 Å². The molecular formula is C54H33N7O. The van der Waals surface area contributed by atoms with Crippen molar-refractivity contribution in [3.63, 3.8) is 0 Å². The van der Waals surface area contributed by atoms with Gasteiger partial charge in [0.25, 0.3) is 0 Å². The fourth-order valence-electron chi connectivity index (χ4n) is 8.43. The van der Waals surface area contributed by atoms with Gasteiger partial charge < -0.3 is 8.98 Å². The Labute approximate surface area is 355 Å². The van der Waals surface area contributed by atoms with E-state index in [1.54, 1.807) is 0 Å². The van der Waals surface area contributed by atoms with E-state index >= 15 is 0 Å². The van der Waals surface area contributed by atoms with Gasteiger partial charge in [-0.25, -0.2) is 29.9 Å². The first-order valence-electron chi connectivity index (χ1n) is 20.5. The van der Waals surface area contributed by atoms with Crippen LogP contribution in [0.3, 0.4) is 0 Å². The Balaban J connectivity index is 1.19. The third-order valence-electron chi connectivity index (χ3n) is 11.3. The first-order chi connectivity index (χ1) is 30.7. The van der Waals surface area contributed by atoms with Crippen LogP contribution in [-0.4, -0.2) is 34.5 Å². The minimum atomic E-state index is 0.505.